The Labute approximate surface area is 112 Å². The van der Waals surface area contributed by atoms with Crippen LogP contribution < -0.4 is 10.1 Å². The summed E-state index contributed by atoms with van der Waals surface area (Å²) in [7, 11) is 0. The Kier molecular flexibility index (Phi) is 5.31. The van der Waals surface area contributed by atoms with Crippen LogP contribution in [0, 0.1) is 5.82 Å². The minimum absolute atomic E-state index is 0.350. The van der Waals surface area contributed by atoms with E-state index in [1.807, 2.05) is 18.2 Å². The maximum atomic E-state index is 12.6. The number of halogens is 1. The second-order valence-corrected chi connectivity index (χ2v) is 4.18. The zero-order valence-electron chi connectivity index (χ0n) is 10.7. The molecule has 0 spiro atoms. The maximum absolute atomic E-state index is 12.6. The van der Waals surface area contributed by atoms with Crippen molar-refractivity contribution >= 4 is 0 Å². The minimum atomic E-state index is -0.350. The van der Waals surface area contributed by atoms with Gasteiger partial charge in [0.25, 0.3) is 0 Å². The van der Waals surface area contributed by atoms with Crippen LogP contribution in [0.15, 0.2) is 48.7 Å². The molecule has 0 saturated heterocycles. The van der Waals surface area contributed by atoms with Crippen molar-refractivity contribution in [1.82, 2.24) is 10.3 Å². The van der Waals surface area contributed by atoms with Gasteiger partial charge in [0.2, 0.25) is 5.88 Å². The summed E-state index contributed by atoms with van der Waals surface area (Å²) in [5.74, 6) is 0.112. The van der Waals surface area contributed by atoms with Gasteiger partial charge in [-0.25, -0.2) is 9.37 Å². The molecule has 0 aliphatic heterocycles. The van der Waals surface area contributed by atoms with Crippen LogP contribution in [0.1, 0.15) is 12.0 Å². The van der Waals surface area contributed by atoms with Crippen molar-refractivity contribution in [3.8, 4) is 5.88 Å². The molecule has 1 heterocycles. The molecule has 0 bridgehead atoms. The molecule has 0 fully saturated rings. The lowest BCUT2D eigenvalue weighted by molar-refractivity contribution is 0.296. The summed E-state index contributed by atoms with van der Waals surface area (Å²) in [6.07, 6.45) is 2.04. The van der Waals surface area contributed by atoms with Crippen molar-refractivity contribution < 1.29 is 9.13 Å². The predicted molar refractivity (Wildman–Crippen MR) is 72.5 cm³/mol. The normalized spacial score (nSPS) is 10.4. The van der Waals surface area contributed by atoms with Gasteiger partial charge < -0.3 is 10.1 Å². The second kappa shape index (κ2) is 7.48. The number of aromatic nitrogens is 1. The molecule has 19 heavy (non-hydrogen) atoms. The number of nitrogens with one attached hydrogen (secondary N) is 1. The molecule has 100 valence electrons. The van der Waals surface area contributed by atoms with Crippen LogP contribution >= 0.6 is 0 Å². The highest BCUT2D eigenvalue weighted by Crippen LogP contribution is 2.06. The van der Waals surface area contributed by atoms with E-state index in [4.69, 9.17) is 4.74 Å². The fourth-order valence-corrected chi connectivity index (χ4v) is 1.65. The molecule has 1 aromatic carbocycles. The Morgan fingerprint density at radius 1 is 1.11 bits per heavy atom. The molecule has 0 radical (unpaired) electrons. The fourth-order valence-electron chi connectivity index (χ4n) is 1.65. The Balaban J connectivity index is 1.56. The van der Waals surface area contributed by atoms with Crippen molar-refractivity contribution in [1.29, 1.82) is 0 Å². The van der Waals surface area contributed by atoms with Crippen molar-refractivity contribution in [3.63, 3.8) is 0 Å². The second-order valence-electron chi connectivity index (χ2n) is 4.18. The highest BCUT2D eigenvalue weighted by Gasteiger charge is 1.96. The summed E-state index contributed by atoms with van der Waals surface area (Å²) in [5.41, 5.74) is 1.27. The molecule has 2 aromatic rings. The van der Waals surface area contributed by atoms with Gasteiger partial charge in [-0.15, -0.1) is 0 Å². The molecule has 1 aromatic heterocycles. The van der Waals surface area contributed by atoms with Crippen molar-refractivity contribution in [2.45, 2.75) is 13.0 Å². The molecule has 0 aliphatic rings. The number of rotatable bonds is 7. The van der Waals surface area contributed by atoms with Gasteiger partial charge in [-0.05, 0) is 24.6 Å². The van der Waals surface area contributed by atoms with E-state index in [1.54, 1.807) is 0 Å². The molecule has 0 aliphatic carbocycles. The van der Waals surface area contributed by atoms with E-state index in [9.17, 15) is 4.39 Å². The number of nitrogens with zero attached hydrogens (tertiary/aromatic N) is 1. The van der Waals surface area contributed by atoms with Gasteiger partial charge in [-0.2, -0.15) is 0 Å². The predicted octanol–water partition coefficient (Wildman–Crippen LogP) is 2.78. The molecule has 4 heteroatoms. The number of benzene rings is 1. The van der Waals surface area contributed by atoms with Gasteiger partial charge in [-0.3, -0.25) is 0 Å². The van der Waals surface area contributed by atoms with Gasteiger partial charge >= 0.3 is 0 Å². The highest BCUT2D eigenvalue weighted by atomic mass is 19.1. The molecule has 0 saturated carbocycles. The Hall–Kier alpha value is -1.94. The van der Waals surface area contributed by atoms with E-state index >= 15 is 0 Å². The lowest BCUT2D eigenvalue weighted by Gasteiger charge is -2.06. The Morgan fingerprint density at radius 2 is 1.95 bits per heavy atom. The van der Waals surface area contributed by atoms with Gasteiger partial charge in [0.15, 0.2) is 0 Å². The van der Waals surface area contributed by atoms with Gasteiger partial charge in [-0.1, -0.05) is 30.3 Å². The minimum Gasteiger partial charge on any atom is -0.478 e. The molecule has 0 amide bonds. The smallest absolute Gasteiger partial charge is 0.213 e. The lowest BCUT2D eigenvalue weighted by Crippen LogP contribution is -2.17. The summed E-state index contributed by atoms with van der Waals surface area (Å²) in [6.45, 7) is 2.30. The maximum Gasteiger partial charge on any atom is 0.213 e. The lowest BCUT2D eigenvalue weighted by atomic mass is 10.2. The standard InChI is InChI=1S/C15H17FN2O/c16-14-7-8-15(18-12-14)19-10-4-9-17-11-13-5-2-1-3-6-13/h1-3,5-8,12,17H,4,9-11H2. The topological polar surface area (TPSA) is 34.1 Å². The zero-order chi connectivity index (χ0) is 13.3. The van der Waals surface area contributed by atoms with Crippen LogP contribution in [0.2, 0.25) is 0 Å². The van der Waals surface area contributed by atoms with Crippen molar-refractivity contribution in [3.05, 3.63) is 60.0 Å². The van der Waals surface area contributed by atoms with E-state index in [0.29, 0.717) is 12.5 Å². The van der Waals surface area contributed by atoms with Crippen LogP contribution in [-0.2, 0) is 6.54 Å². The van der Waals surface area contributed by atoms with E-state index < -0.39 is 0 Å². The number of hydrogen-bond acceptors (Lipinski definition) is 3. The molecule has 3 nitrogen and oxygen atoms in total. The first kappa shape index (κ1) is 13.5. The fraction of sp³-hybridized carbons (Fsp3) is 0.267. The average Bonchev–Trinajstić information content (AvgIpc) is 2.46. The Morgan fingerprint density at radius 3 is 2.68 bits per heavy atom. The van der Waals surface area contributed by atoms with Crippen LogP contribution in [0.25, 0.3) is 0 Å². The first-order chi connectivity index (χ1) is 9.34. The van der Waals surface area contributed by atoms with Crippen LogP contribution in [-0.4, -0.2) is 18.1 Å². The number of ether oxygens (including phenoxy) is 1. The van der Waals surface area contributed by atoms with E-state index in [-0.39, 0.29) is 5.82 Å². The third-order valence-electron chi connectivity index (χ3n) is 2.62. The van der Waals surface area contributed by atoms with Gasteiger partial charge in [0.1, 0.15) is 5.82 Å². The third-order valence-corrected chi connectivity index (χ3v) is 2.62. The monoisotopic (exact) mass is 260 g/mol. The van der Waals surface area contributed by atoms with Crippen LogP contribution in [0.5, 0.6) is 5.88 Å². The summed E-state index contributed by atoms with van der Waals surface area (Å²) < 4.78 is 18.0. The Bertz CT molecular complexity index is 473. The number of pyridine rings is 1. The van der Waals surface area contributed by atoms with E-state index in [0.717, 1.165) is 25.7 Å². The first-order valence-corrected chi connectivity index (χ1v) is 6.33. The van der Waals surface area contributed by atoms with Crippen LogP contribution in [0.3, 0.4) is 0 Å². The third kappa shape index (κ3) is 5.06. The molecule has 0 unspecified atom stereocenters. The van der Waals surface area contributed by atoms with Gasteiger partial charge in [0, 0.05) is 12.6 Å². The summed E-state index contributed by atoms with van der Waals surface area (Å²) >= 11 is 0. The van der Waals surface area contributed by atoms with Crippen molar-refractivity contribution in [2.24, 2.45) is 0 Å². The first-order valence-electron chi connectivity index (χ1n) is 6.33. The SMILES string of the molecule is Fc1ccc(OCCCNCc2ccccc2)nc1. The molecular weight excluding hydrogens is 243 g/mol. The average molecular weight is 260 g/mol. The van der Waals surface area contributed by atoms with Crippen LogP contribution in [0.4, 0.5) is 4.39 Å². The molecule has 0 atom stereocenters. The van der Waals surface area contributed by atoms with Gasteiger partial charge in [0.05, 0.1) is 12.8 Å². The molecule has 1 N–H and O–H groups in total. The number of hydrogen-bond donors (Lipinski definition) is 1. The zero-order valence-corrected chi connectivity index (χ0v) is 10.7. The molecule has 2 rings (SSSR count). The summed E-state index contributed by atoms with van der Waals surface area (Å²) in [6, 6.07) is 13.1. The van der Waals surface area contributed by atoms with Crippen molar-refractivity contribution in [2.75, 3.05) is 13.2 Å². The highest BCUT2D eigenvalue weighted by molar-refractivity contribution is 5.14. The summed E-state index contributed by atoms with van der Waals surface area (Å²) in [5, 5.41) is 3.34. The molecular formula is C15H17FN2O. The summed E-state index contributed by atoms with van der Waals surface area (Å²) in [4.78, 5) is 3.83. The van der Waals surface area contributed by atoms with E-state index in [1.165, 1.54) is 17.7 Å². The largest absolute Gasteiger partial charge is 0.478 e. The quantitative estimate of drug-likeness (QED) is 0.777. The van der Waals surface area contributed by atoms with E-state index in [2.05, 4.69) is 22.4 Å².